The van der Waals surface area contributed by atoms with E-state index in [0.29, 0.717) is 10.3 Å². The lowest BCUT2D eigenvalue weighted by molar-refractivity contribution is 0.0696. The number of nitrogens with one attached hydrogen (secondary N) is 1. The Labute approximate surface area is 98.3 Å². The first-order valence-corrected chi connectivity index (χ1v) is 5.10. The first kappa shape index (κ1) is 10.8. The number of carboxylic acids is 1. The molecule has 0 aliphatic carbocycles. The Kier molecular flexibility index (Phi) is 2.74. The summed E-state index contributed by atoms with van der Waals surface area (Å²) in [6.07, 6.45) is 2.51. The number of aromatic carboxylic acids is 1. The van der Waals surface area contributed by atoms with Gasteiger partial charge in [0.25, 0.3) is 0 Å². The van der Waals surface area contributed by atoms with Gasteiger partial charge >= 0.3 is 5.97 Å². The van der Waals surface area contributed by atoms with Crippen molar-refractivity contribution in [3.63, 3.8) is 0 Å². The molecule has 6 heteroatoms. The largest absolute Gasteiger partial charge is 0.478 e. The Hall–Kier alpha value is -1.69. The van der Waals surface area contributed by atoms with Crippen molar-refractivity contribution >= 4 is 21.9 Å². The smallest absolute Gasteiger partial charge is 0.338 e. The van der Waals surface area contributed by atoms with Crippen LogP contribution in [0.15, 0.2) is 29.1 Å². The molecule has 0 spiro atoms. The Bertz CT molecular complexity index is 554. The van der Waals surface area contributed by atoms with E-state index < -0.39 is 11.8 Å². The molecule has 16 heavy (non-hydrogen) atoms. The molecule has 0 aromatic carbocycles. The normalized spacial score (nSPS) is 10.4. The van der Waals surface area contributed by atoms with Crippen LogP contribution in [0, 0.1) is 5.82 Å². The molecule has 0 aliphatic rings. The van der Waals surface area contributed by atoms with Crippen molar-refractivity contribution in [2.24, 2.45) is 0 Å². The summed E-state index contributed by atoms with van der Waals surface area (Å²) in [6.45, 7) is 0. The molecule has 82 valence electrons. The molecule has 0 fully saturated rings. The van der Waals surface area contributed by atoms with Crippen LogP contribution >= 0.6 is 15.9 Å². The summed E-state index contributed by atoms with van der Waals surface area (Å²) in [6, 6.07) is 2.84. The van der Waals surface area contributed by atoms with Gasteiger partial charge in [-0.3, -0.25) is 4.98 Å². The minimum atomic E-state index is -1.08. The van der Waals surface area contributed by atoms with Crippen LogP contribution in [-0.4, -0.2) is 21.0 Å². The molecule has 0 aliphatic heterocycles. The third kappa shape index (κ3) is 1.83. The van der Waals surface area contributed by atoms with Crippen molar-refractivity contribution in [1.29, 1.82) is 0 Å². The number of pyridine rings is 1. The maximum Gasteiger partial charge on any atom is 0.338 e. The molecule has 2 aromatic rings. The standard InChI is InChI=1S/C10H6BrFN2O2/c11-9-6(10(15)16)3-8(14-9)5-1-2-13-4-7(5)12/h1-4,14H,(H,15,16). The lowest BCUT2D eigenvalue weighted by Gasteiger charge is -1.97. The van der Waals surface area contributed by atoms with Gasteiger partial charge < -0.3 is 10.1 Å². The van der Waals surface area contributed by atoms with Crippen LogP contribution in [0.25, 0.3) is 11.3 Å². The summed E-state index contributed by atoms with van der Waals surface area (Å²) in [4.78, 5) is 17.2. The van der Waals surface area contributed by atoms with Crippen molar-refractivity contribution < 1.29 is 14.3 Å². The van der Waals surface area contributed by atoms with E-state index in [1.165, 1.54) is 18.3 Å². The summed E-state index contributed by atoms with van der Waals surface area (Å²) < 4.78 is 13.7. The Morgan fingerprint density at radius 1 is 1.56 bits per heavy atom. The van der Waals surface area contributed by atoms with Gasteiger partial charge in [0.2, 0.25) is 0 Å². The molecular weight excluding hydrogens is 279 g/mol. The molecule has 0 amide bonds. The van der Waals surface area contributed by atoms with Gasteiger partial charge in [-0.25, -0.2) is 9.18 Å². The van der Waals surface area contributed by atoms with Crippen LogP contribution < -0.4 is 0 Å². The summed E-state index contributed by atoms with van der Waals surface area (Å²) >= 11 is 3.07. The Morgan fingerprint density at radius 3 is 2.88 bits per heavy atom. The molecular formula is C10H6BrFN2O2. The number of hydrogen-bond donors (Lipinski definition) is 2. The predicted molar refractivity (Wildman–Crippen MR) is 58.6 cm³/mol. The molecule has 0 atom stereocenters. The number of nitrogens with zero attached hydrogens (tertiary/aromatic N) is 1. The van der Waals surface area contributed by atoms with E-state index in [-0.39, 0.29) is 11.1 Å². The van der Waals surface area contributed by atoms with Crippen LogP contribution in [0.5, 0.6) is 0 Å². The van der Waals surface area contributed by atoms with E-state index >= 15 is 0 Å². The SMILES string of the molecule is O=C(O)c1cc(-c2ccncc2F)[nH]c1Br. The number of rotatable bonds is 2. The van der Waals surface area contributed by atoms with E-state index in [2.05, 4.69) is 25.9 Å². The lowest BCUT2D eigenvalue weighted by atomic mass is 10.2. The zero-order chi connectivity index (χ0) is 11.7. The van der Waals surface area contributed by atoms with Gasteiger partial charge in [0, 0.05) is 11.8 Å². The minimum Gasteiger partial charge on any atom is -0.478 e. The van der Waals surface area contributed by atoms with E-state index in [9.17, 15) is 9.18 Å². The number of aromatic nitrogens is 2. The molecule has 0 bridgehead atoms. The predicted octanol–water partition coefficient (Wildman–Crippen LogP) is 2.68. The van der Waals surface area contributed by atoms with Crippen LogP contribution in [0.3, 0.4) is 0 Å². The van der Waals surface area contributed by atoms with Crippen molar-refractivity contribution in [1.82, 2.24) is 9.97 Å². The highest BCUT2D eigenvalue weighted by atomic mass is 79.9. The second-order valence-corrected chi connectivity index (χ2v) is 3.86. The monoisotopic (exact) mass is 284 g/mol. The van der Waals surface area contributed by atoms with E-state index in [4.69, 9.17) is 5.11 Å². The summed E-state index contributed by atoms with van der Waals surface area (Å²) in [5, 5.41) is 8.84. The summed E-state index contributed by atoms with van der Waals surface area (Å²) in [5.41, 5.74) is 0.735. The van der Waals surface area contributed by atoms with Crippen LogP contribution in [0.1, 0.15) is 10.4 Å². The van der Waals surface area contributed by atoms with Gasteiger partial charge in [0.1, 0.15) is 0 Å². The molecule has 2 aromatic heterocycles. The molecule has 2 heterocycles. The topological polar surface area (TPSA) is 66.0 Å². The maximum absolute atomic E-state index is 13.4. The molecule has 0 saturated carbocycles. The zero-order valence-electron chi connectivity index (χ0n) is 7.87. The van der Waals surface area contributed by atoms with E-state index in [1.54, 1.807) is 0 Å². The van der Waals surface area contributed by atoms with Gasteiger partial charge in [-0.05, 0) is 28.1 Å². The van der Waals surface area contributed by atoms with Crippen molar-refractivity contribution in [2.75, 3.05) is 0 Å². The fraction of sp³-hybridized carbons (Fsp3) is 0. The number of halogens is 2. The van der Waals surface area contributed by atoms with Crippen LogP contribution in [0.4, 0.5) is 4.39 Å². The average molecular weight is 285 g/mol. The minimum absolute atomic E-state index is 0.0613. The molecule has 0 radical (unpaired) electrons. The molecule has 0 saturated heterocycles. The fourth-order valence-electron chi connectivity index (χ4n) is 1.32. The average Bonchev–Trinajstić information content (AvgIpc) is 2.61. The van der Waals surface area contributed by atoms with Gasteiger partial charge in [-0.1, -0.05) is 0 Å². The summed E-state index contributed by atoms with van der Waals surface area (Å²) in [7, 11) is 0. The fourth-order valence-corrected chi connectivity index (χ4v) is 1.82. The molecule has 2 rings (SSSR count). The first-order valence-electron chi connectivity index (χ1n) is 4.31. The van der Waals surface area contributed by atoms with Crippen LogP contribution in [-0.2, 0) is 0 Å². The Morgan fingerprint density at radius 2 is 2.31 bits per heavy atom. The van der Waals surface area contributed by atoms with Crippen molar-refractivity contribution in [3.05, 3.63) is 40.5 Å². The number of carbonyl (C=O) groups is 1. The number of carboxylic acid groups (broad SMARTS) is 1. The lowest BCUT2D eigenvalue weighted by Crippen LogP contribution is -1.93. The van der Waals surface area contributed by atoms with Gasteiger partial charge in [-0.2, -0.15) is 0 Å². The first-order chi connectivity index (χ1) is 7.59. The van der Waals surface area contributed by atoms with Gasteiger partial charge in [-0.15, -0.1) is 0 Å². The second kappa shape index (κ2) is 4.05. The zero-order valence-corrected chi connectivity index (χ0v) is 9.45. The highest BCUT2D eigenvalue weighted by Gasteiger charge is 2.15. The van der Waals surface area contributed by atoms with Crippen molar-refractivity contribution in [2.45, 2.75) is 0 Å². The third-order valence-electron chi connectivity index (χ3n) is 2.06. The highest BCUT2D eigenvalue weighted by Crippen LogP contribution is 2.26. The number of H-pyrrole nitrogens is 1. The Balaban J connectivity index is 2.54. The maximum atomic E-state index is 13.4. The quantitative estimate of drug-likeness (QED) is 0.891. The third-order valence-corrected chi connectivity index (χ3v) is 2.69. The molecule has 0 unspecified atom stereocenters. The number of hydrogen-bond acceptors (Lipinski definition) is 2. The highest BCUT2D eigenvalue weighted by molar-refractivity contribution is 9.10. The number of aromatic amines is 1. The molecule has 4 nitrogen and oxygen atoms in total. The van der Waals surface area contributed by atoms with Gasteiger partial charge in [0.15, 0.2) is 5.82 Å². The van der Waals surface area contributed by atoms with E-state index in [0.717, 1.165) is 6.20 Å². The van der Waals surface area contributed by atoms with Crippen molar-refractivity contribution in [3.8, 4) is 11.3 Å². The van der Waals surface area contributed by atoms with E-state index in [1.807, 2.05) is 0 Å². The van der Waals surface area contributed by atoms with Gasteiger partial charge in [0.05, 0.1) is 22.1 Å². The second-order valence-electron chi connectivity index (χ2n) is 3.07. The van der Waals surface area contributed by atoms with Crippen LogP contribution in [0.2, 0.25) is 0 Å². The summed E-state index contributed by atoms with van der Waals surface area (Å²) in [5.74, 6) is -1.59. The molecule has 2 N–H and O–H groups in total.